The third-order valence-electron chi connectivity index (χ3n) is 2.93. The Morgan fingerprint density at radius 2 is 1.91 bits per heavy atom. The molecule has 0 saturated heterocycles. The van der Waals surface area contributed by atoms with E-state index in [0.717, 1.165) is 12.3 Å². The van der Waals surface area contributed by atoms with Crippen molar-refractivity contribution < 1.29 is 4.79 Å². The first kappa shape index (κ1) is 7.33. The third-order valence-corrected chi connectivity index (χ3v) is 2.93. The highest BCUT2D eigenvalue weighted by Gasteiger charge is 2.73. The zero-order valence-electron chi connectivity index (χ0n) is 7.61. The lowest BCUT2D eigenvalue weighted by Crippen LogP contribution is -2.17. The Labute approximate surface area is 68.2 Å². The van der Waals surface area contributed by atoms with Gasteiger partial charge in [-0.05, 0) is 24.2 Å². The van der Waals surface area contributed by atoms with E-state index in [1.54, 1.807) is 0 Å². The van der Waals surface area contributed by atoms with Gasteiger partial charge in [-0.1, -0.05) is 20.8 Å². The van der Waals surface area contributed by atoms with E-state index in [0.29, 0.717) is 5.78 Å². The zero-order chi connectivity index (χ0) is 8.28. The fourth-order valence-electron chi connectivity index (χ4n) is 1.81. The van der Waals surface area contributed by atoms with E-state index in [4.69, 9.17) is 0 Å². The molecule has 0 unspecified atom stereocenters. The number of ketones is 1. The van der Waals surface area contributed by atoms with Crippen LogP contribution < -0.4 is 0 Å². The van der Waals surface area contributed by atoms with Gasteiger partial charge >= 0.3 is 0 Å². The number of hydrogen-bond donors (Lipinski definition) is 0. The molecule has 0 amide bonds. The molecular formula is C10H16O. The topological polar surface area (TPSA) is 17.1 Å². The molecule has 0 aromatic carbocycles. The first-order valence-electron chi connectivity index (χ1n) is 4.47. The molecule has 0 aromatic rings. The van der Waals surface area contributed by atoms with E-state index in [1.165, 1.54) is 12.8 Å². The molecule has 2 fully saturated rings. The highest BCUT2D eigenvalue weighted by molar-refractivity contribution is 5.92. The molecule has 0 atom stereocenters. The lowest BCUT2D eigenvalue weighted by molar-refractivity contribution is -0.123. The highest BCUT2D eigenvalue weighted by Crippen LogP contribution is 2.76. The maximum absolute atomic E-state index is 11.6. The van der Waals surface area contributed by atoms with E-state index >= 15 is 0 Å². The average Bonchev–Trinajstić information content (AvgIpc) is 2.36. The summed E-state index contributed by atoms with van der Waals surface area (Å²) >= 11 is 0. The Kier molecular flexibility index (Phi) is 1.13. The van der Waals surface area contributed by atoms with Crippen molar-refractivity contribution in [3.63, 3.8) is 0 Å². The van der Waals surface area contributed by atoms with E-state index in [9.17, 15) is 4.79 Å². The van der Waals surface area contributed by atoms with Gasteiger partial charge in [-0.15, -0.1) is 0 Å². The van der Waals surface area contributed by atoms with Crippen LogP contribution in [0.4, 0.5) is 0 Å². The standard InChI is InChI=1S/C10H16O/c1-9(2,3)6-8(11)10-4-7(10)5-10/h7H,4-6H2,1-3H3. The predicted octanol–water partition coefficient (Wildman–Crippen LogP) is 2.40. The van der Waals surface area contributed by atoms with Crippen molar-refractivity contribution in [2.24, 2.45) is 16.7 Å². The van der Waals surface area contributed by atoms with Gasteiger partial charge in [-0.2, -0.15) is 0 Å². The lowest BCUT2D eigenvalue weighted by Gasteiger charge is -2.17. The van der Waals surface area contributed by atoms with Crippen LogP contribution in [-0.2, 0) is 4.79 Å². The van der Waals surface area contributed by atoms with Gasteiger partial charge in [0.2, 0.25) is 0 Å². The number of carbonyl (C=O) groups excluding carboxylic acids is 1. The van der Waals surface area contributed by atoms with Gasteiger partial charge in [-0.25, -0.2) is 0 Å². The molecule has 0 radical (unpaired) electrons. The van der Waals surface area contributed by atoms with Gasteiger partial charge in [0.15, 0.2) is 0 Å². The smallest absolute Gasteiger partial charge is 0.139 e. The summed E-state index contributed by atoms with van der Waals surface area (Å²) in [6, 6.07) is 0. The van der Waals surface area contributed by atoms with E-state index in [2.05, 4.69) is 20.8 Å². The Morgan fingerprint density at radius 1 is 1.45 bits per heavy atom. The van der Waals surface area contributed by atoms with Crippen molar-refractivity contribution in [3.8, 4) is 0 Å². The molecular weight excluding hydrogens is 136 g/mol. The van der Waals surface area contributed by atoms with Crippen molar-refractivity contribution in [1.29, 1.82) is 0 Å². The molecule has 0 bridgehead atoms. The minimum atomic E-state index is 0.196. The fourth-order valence-corrected chi connectivity index (χ4v) is 1.81. The molecule has 11 heavy (non-hydrogen) atoms. The van der Waals surface area contributed by atoms with Crippen LogP contribution in [-0.4, -0.2) is 5.78 Å². The average molecular weight is 152 g/mol. The summed E-state index contributed by atoms with van der Waals surface area (Å²) in [5.41, 5.74) is 0.439. The number of Topliss-reactive ketones (excluding diaryl/α,β-unsaturated/α-hetero) is 1. The SMILES string of the molecule is CC(C)(C)CC(=O)C12CC1C2. The second-order valence-electron chi connectivity index (χ2n) is 5.42. The van der Waals surface area contributed by atoms with Crippen molar-refractivity contribution in [1.82, 2.24) is 0 Å². The maximum atomic E-state index is 11.6. The molecule has 1 heteroatoms. The van der Waals surface area contributed by atoms with Crippen LogP contribution in [0, 0.1) is 16.7 Å². The summed E-state index contributed by atoms with van der Waals surface area (Å²) in [6.45, 7) is 6.42. The van der Waals surface area contributed by atoms with Gasteiger partial charge in [0.05, 0.1) is 0 Å². The molecule has 0 heterocycles. The van der Waals surface area contributed by atoms with Crippen LogP contribution in [0.25, 0.3) is 0 Å². The molecule has 2 aliphatic rings. The first-order chi connectivity index (χ1) is 4.94. The Balaban J connectivity index is 1.92. The lowest BCUT2D eigenvalue weighted by atomic mass is 9.87. The number of rotatable bonds is 2. The zero-order valence-corrected chi connectivity index (χ0v) is 7.61. The molecule has 2 rings (SSSR count). The number of carbonyl (C=O) groups is 1. The summed E-state index contributed by atoms with van der Waals surface area (Å²) in [6.07, 6.45) is 3.20. The third kappa shape index (κ3) is 1.11. The first-order valence-corrected chi connectivity index (χ1v) is 4.47. The number of fused-ring (bicyclic) bond motifs is 1. The van der Waals surface area contributed by atoms with E-state index in [-0.39, 0.29) is 10.8 Å². The molecule has 2 saturated carbocycles. The maximum Gasteiger partial charge on any atom is 0.139 e. The fraction of sp³-hybridized carbons (Fsp3) is 0.900. The second-order valence-corrected chi connectivity index (χ2v) is 5.42. The van der Waals surface area contributed by atoms with Crippen LogP contribution >= 0.6 is 0 Å². The molecule has 0 spiro atoms. The van der Waals surface area contributed by atoms with Gasteiger partial charge < -0.3 is 0 Å². The van der Waals surface area contributed by atoms with Crippen molar-refractivity contribution in [3.05, 3.63) is 0 Å². The van der Waals surface area contributed by atoms with Gasteiger partial charge in [0, 0.05) is 11.8 Å². The van der Waals surface area contributed by atoms with Gasteiger partial charge in [0.25, 0.3) is 0 Å². The largest absolute Gasteiger partial charge is 0.299 e. The van der Waals surface area contributed by atoms with Crippen molar-refractivity contribution >= 4 is 5.78 Å². The molecule has 62 valence electrons. The van der Waals surface area contributed by atoms with E-state index < -0.39 is 0 Å². The van der Waals surface area contributed by atoms with Crippen molar-refractivity contribution in [2.45, 2.75) is 40.0 Å². The Bertz CT molecular complexity index is 203. The number of hydrogen-bond acceptors (Lipinski definition) is 1. The summed E-state index contributed by atoms with van der Waals surface area (Å²) in [5.74, 6) is 1.35. The van der Waals surface area contributed by atoms with Crippen LogP contribution in [0.1, 0.15) is 40.0 Å². The van der Waals surface area contributed by atoms with Crippen LogP contribution in [0.2, 0.25) is 0 Å². The monoisotopic (exact) mass is 152 g/mol. The summed E-state index contributed by atoms with van der Waals surface area (Å²) < 4.78 is 0. The quantitative estimate of drug-likeness (QED) is 0.593. The Hall–Kier alpha value is -0.330. The molecule has 2 aliphatic carbocycles. The molecule has 0 N–H and O–H groups in total. The van der Waals surface area contributed by atoms with Gasteiger partial charge in [0.1, 0.15) is 5.78 Å². The van der Waals surface area contributed by atoms with Crippen LogP contribution in [0.5, 0.6) is 0 Å². The second kappa shape index (κ2) is 1.70. The van der Waals surface area contributed by atoms with E-state index in [1.807, 2.05) is 0 Å². The van der Waals surface area contributed by atoms with Crippen molar-refractivity contribution in [2.75, 3.05) is 0 Å². The highest BCUT2D eigenvalue weighted by atomic mass is 16.1. The van der Waals surface area contributed by atoms with Crippen LogP contribution in [0.15, 0.2) is 0 Å². The molecule has 0 aliphatic heterocycles. The minimum Gasteiger partial charge on any atom is -0.299 e. The molecule has 1 nitrogen and oxygen atoms in total. The van der Waals surface area contributed by atoms with Crippen LogP contribution in [0.3, 0.4) is 0 Å². The summed E-state index contributed by atoms with van der Waals surface area (Å²) in [4.78, 5) is 11.6. The minimum absolute atomic E-state index is 0.196. The summed E-state index contributed by atoms with van der Waals surface area (Å²) in [5, 5.41) is 0. The molecule has 0 aromatic heterocycles. The normalized spacial score (nSPS) is 39.7. The summed E-state index contributed by atoms with van der Waals surface area (Å²) in [7, 11) is 0. The van der Waals surface area contributed by atoms with Gasteiger partial charge in [-0.3, -0.25) is 4.79 Å². The Morgan fingerprint density at radius 3 is 2.18 bits per heavy atom. The predicted molar refractivity (Wildman–Crippen MR) is 44.2 cm³/mol.